The Balaban J connectivity index is 3.14. The minimum atomic E-state index is -0.812. The summed E-state index contributed by atoms with van der Waals surface area (Å²) in [4.78, 5) is 20.9. The van der Waals surface area contributed by atoms with E-state index >= 15 is 0 Å². The number of benzene rings is 1. The van der Waals surface area contributed by atoms with Crippen molar-refractivity contribution in [1.29, 1.82) is 5.26 Å². The standard InChI is InChI=1S/C9H7N3O4/c1-16-9(13)11-7-3-2-6(5-10)4-8(7)12(14)15/h2-4H,1H3,(H,11,13). The lowest BCUT2D eigenvalue weighted by Crippen LogP contribution is -2.12. The van der Waals surface area contributed by atoms with Crippen LogP contribution < -0.4 is 5.32 Å². The van der Waals surface area contributed by atoms with Crippen LogP contribution in [0.1, 0.15) is 5.56 Å². The van der Waals surface area contributed by atoms with E-state index in [4.69, 9.17) is 5.26 Å². The Labute approximate surface area is 90.4 Å². The van der Waals surface area contributed by atoms with Gasteiger partial charge in [0.15, 0.2) is 0 Å². The summed E-state index contributed by atoms with van der Waals surface area (Å²) in [5.74, 6) is 0. The summed E-state index contributed by atoms with van der Waals surface area (Å²) in [6.07, 6.45) is -0.812. The molecule has 0 bridgehead atoms. The average molecular weight is 221 g/mol. The first-order valence-corrected chi connectivity index (χ1v) is 4.12. The summed E-state index contributed by atoms with van der Waals surface area (Å²) >= 11 is 0. The molecule has 0 aliphatic carbocycles. The van der Waals surface area contributed by atoms with Crippen molar-refractivity contribution in [3.8, 4) is 6.07 Å². The molecule has 1 aromatic rings. The number of hydrogen-bond acceptors (Lipinski definition) is 5. The highest BCUT2D eigenvalue weighted by Gasteiger charge is 2.16. The van der Waals surface area contributed by atoms with Gasteiger partial charge >= 0.3 is 6.09 Å². The molecule has 0 aliphatic rings. The number of hydrogen-bond donors (Lipinski definition) is 1. The Morgan fingerprint density at radius 3 is 2.81 bits per heavy atom. The van der Waals surface area contributed by atoms with E-state index < -0.39 is 11.0 Å². The lowest BCUT2D eigenvalue weighted by atomic mass is 10.2. The molecule has 0 aliphatic heterocycles. The van der Waals surface area contributed by atoms with Crippen LogP contribution in [0.2, 0.25) is 0 Å². The summed E-state index contributed by atoms with van der Waals surface area (Å²) in [7, 11) is 1.14. The van der Waals surface area contributed by atoms with Gasteiger partial charge < -0.3 is 4.74 Å². The number of nitriles is 1. The van der Waals surface area contributed by atoms with Gasteiger partial charge in [0.05, 0.1) is 23.7 Å². The predicted octanol–water partition coefficient (Wildman–Crippen LogP) is 1.64. The van der Waals surface area contributed by atoms with Gasteiger partial charge in [-0.2, -0.15) is 5.26 Å². The fourth-order valence-electron chi connectivity index (χ4n) is 1.02. The number of carbonyl (C=O) groups is 1. The molecule has 1 rings (SSSR count). The maximum absolute atomic E-state index is 10.9. The zero-order chi connectivity index (χ0) is 12.1. The molecule has 1 N–H and O–H groups in total. The first-order chi connectivity index (χ1) is 7.58. The highest BCUT2D eigenvalue weighted by Crippen LogP contribution is 2.25. The highest BCUT2D eigenvalue weighted by molar-refractivity contribution is 5.87. The van der Waals surface area contributed by atoms with Crippen LogP contribution in [0.5, 0.6) is 0 Å². The monoisotopic (exact) mass is 221 g/mol. The molecular formula is C9H7N3O4. The Hall–Kier alpha value is -2.62. The van der Waals surface area contributed by atoms with Crippen LogP contribution >= 0.6 is 0 Å². The van der Waals surface area contributed by atoms with Gasteiger partial charge in [0, 0.05) is 6.07 Å². The van der Waals surface area contributed by atoms with Gasteiger partial charge in [0.2, 0.25) is 0 Å². The summed E-state index contributed by atoms with van der Waals surface area (Å²) in [5.41, 5.74) is -0.234. The van der Waals surface area contributed by atoms with Crippen molar-refractivity contribution in [2.24, 2.45) is 0 Å². The maximum Gasteiger partial charge on any atom is 0.411 e. The van der Waals surface area contributed by atoms with Gasteiger partial charge in [-0.15, -0.1) is 0 Å². The molecule has 0 aromatic heterocycles. The molecule has 82 valence electrons. The van der Waals surface area contributed by atoms with Crippen molar-refractivity contribution in [3.05, 3.63) is 33.9 Å². The smallest absolute Gasteiger partial charge is 0.411 e. The minimum absolute atomic E-state index is 0.0177. The molecular weight excluding hydrogens is 214 g/mol. The fraction of sp³-hybridized carbons (Fsp3) is 0.111. The summed E-state index contributed by atoms with van der Waals surface area (Å²) in [6, 6.07) is 5.47. The van der Waals surface area contributed by atoms with Crippen molar-refractivity contribution in [1.82, 2.24) is 0 Å². The second-order valence-electron chi connectivity index (χ2n) is 2.72. The summed E-state index contributed by atoms with van der Waals surface area (Å²) in [5, 5.41) is 21.4. The molecule has 1 amide bonds. The molecule has 0 saturated heterocycles. The number of nitrogens with one attached hydrogen (secondary N) is 1. The van der Waals surface area contributed by atoms with Crippen LogP contribution in [-0.2, 0) is 4.74 Å². The van der Waals surface area contributed by atoms with E-state index in [1.54, 1.807) is 6.07 Å². The Bertz CT molecular complexity index is 478. The molecule has 1 aromatic carbocycles. The third kappa shape index (κ3) is 2.45. The minimum Gasteiger partial charge on any atom is -0.453 e. The molecule has 7 nitrogen and oxygen atoms in total. The molecule has 0 spiro atoms. The van der Waals surface area contributed by atoms with E-state index in [9.17, 15) is 14.9 Å². The second kappa shape index (κ2) is 4.75. The lowest BCUT2D eigenvalue weighted by Gasteiger charge is -2.04. The number of nitro benzene ring substituents is 1. The van der Waals surface area contributed by atoms with Gasteiger partial charge in [0.1, 0.15) is 5.69 Å². The van der Waals surface area contributed by atoms with Gasteiger partial charge in [0.25, 0.3) is 5.69 Å². The largest absolute Gasteiger partial charge is 0.453 e. The predicted molar refractivity (Wildman–Crippen MR) is 53.8 cm³/mol. The summed E-state index contributed by atoms with van der Waals surface area (Å²) in [6.45, 7) is 0. The van der Waals surface area contributed by atoms with E-state index in [0.717, 1.165) is 13.2 Å². The van der Waals surface area contributed by atoms with E-state index in [2.05, 4.69) is 10.1 Å². The number of methoxy groups -OCH3 is 1. The van der Waals surface area contributed by atoms with Crippen molar-refractivity contribution in [2.45, 2.75) is 0 Å². The van der Waals surface area contributed by atoms with E-state index in [1.165, 1.54) is 12.1 Å². The molecule has 0 fully saturated rings. The maximum atomic E-state index is 10.9. The number of nitrogens with zero attached hydrogens (tertiary/aromatic N) is 2. The summed E-state index contributed by atoms with van der Waals surface area (Å²) < 4.78 is 4.31. The van der Waals surface area contributed by atoms with E-state index in [-0.39, 0.29) is 16.9 Å². The number of rotatable bonds is 2. The fourth-order valence-corrected chi connectivity index (χ4v) is 1.02. The van der Waals surface area contributed by atoms with Gasteiger partial charge in [-0.1, -0.05) is 0 Å². The number of carbonyl (C=O) groups excluding carboxylic acids is 1. The van der Waals surface area contributed by atoms with Crippen LogP contribution in [0.4, 0.5) is 16.2 Å². The Morgan fingerprint density at radius 2 is 2.31 bits per heavy atom. The number of amides is 1. The Kier molecular flexibility index (Phi) is 3.40. The number of anilines is 1. The van der Waals surface area contributed by atoms with E-state index in [0.29, 0.717) is 0 Å². The number of nitro groups is 1. The van der Waals surface area contributed by atoms with Gasteiger partial charge in [-0.25, -0.2) is 4.79 Å². The molecule has 7 heteroatoms. The quantitative estimate of drug-likeness (QED) is 0.603. The van der Waals surface area contributed by atoms with E-state index in [1.807, 2.05) is 0 Å². The van der Waals surface area contributed by atoms with Crippen LogP contribution in [0.3, 0.4) is 0 Å². The molecule has 0 unspecified atom stereocenters. The number of ether oxygens (including phenoxy) is 1. The third-order valence-corrected chi connectivity index (χ3v) is 1.75. The van der Waals surface area contributed by atoms with Crippen LogP contribution in [0, 0.1) is 21.4 Å². The molecule has 16 heavy (non-hydrogen) atoms. The van der Waals surface area contributed by atoms with Crippen molar-refractivity contribution in [3.63, 3.8) is 0 Å². The normalized spacial score (nSPS) is 9.00. The molecule has 0 heterocycles. The van der Waals surface area contributed by atoms with Crippen molar-refractivity contribution < 1.29 is 14.5 Å². The van der Waals surface area contributed by atoms with Crippen molar-refractivity contribution >= 4 is 17.5 Å². The first kappa shape index (κ1) is 11.5. The lowest BCUT2D eigenvalue weighted by molar-refractivity contribution is -0.383. The third-order valence-electron chi connectivity index (χ3n) is 1.75. The second-order valence-corrected chi connectivity index (χ2v) is 2.72. The van der Waals surface area contributed by atoms with Crippen molar-refractivity contribution in [2.75, 3.05) is 12.4 Å². The Morgan fingerprint density at radius 1 is 1.62 bits per heavy atom. The molecule has 0 atom stereocenters. The topological polar surface area (TPSA) is 105 Å². The van der Waals surface area contributed by atoms with Gasteiger partial charge in [-0.3, -0.25) is 15.4 Å². The average Bonchev–Trinajstić information content (AvgIpc) is 2.29. The highest BCUT2D eigenvalue weighted by atomic mass is 16.6. The van der Waals surface area contributed by atoms with Gasteiger partial charge in [-0.05, 0) is 12.1 Å². The first-order valence-electron chi connectivity index (χ1n) is 4.12. The molecule has 0 saturated carbocycles. The van der Waals surface area contributed by atoms with Crippen LogP contribution in [0.15, 0.2) is 18.2 Å². The molecule has 0 radical (unpaired) electrons. The zero-order valence-electron chi connectivity index (χ0n) is 8.26. The van der Waals surface area contributed by atoms with Crippen LogP contribution in [-0.4, -0.2) is 18.1 Å². The van der Waals surface area contributed by atoms with Crippen LogP contribution in [0.25, 0.3) is 0 Å². The zero-order valence-corrected chi connectivity index (χ0v) is 8.26. The SMILES string of the molecule is COC(=O)Nc1ccc(C#N)cc1[N+](=O)[O-].